The van der Waals surface area contributed by atoms with Crippen LogP contribution in [0.5, 0.6) is 5.75 Å². The number of piperidine rings is 1. The van der Waals surface area contributed by atoms with Gasteiger partial charge in [0.15, 0.2) is 0 Å². The molecule has 164 valence electrons. The molecule has 1 aliphatic heterocycles. The number of rotatable bonds is 7. The highest BCUT2D eigenvalue weighted by molar-refractivity contribution is 5.68. The minimum absolute atomic E-state index is 0.227. The SMILES string of the molecule is CN(C)Cc1ccccc1-c1cccc(OC2CCN(Cc3ccccc3C#N)CC2)c1. The van der Waals surface area contributed by atoms with Crippen molar-refractivity contribution < 1.29 is 4.74 Å². The van der Waals surface area contributed by atoms with Crippen LogP contribution in [0.4, 0.5) is 0 Å². The lowest BCUT2D eigenvalue weighted by molar-refractivity contribution is 0.0968. The van der Waals surface area contributed by atoms with Gasteiger partial charge < -0.3 is 9.64 Å². The van der Waals surface area contributed by atoms with E-state index in [0.717, 1.165) is 55.9 Å². The monoisotopic (exact) mass is 425 g/mol. The number of nitriles is 1. The second-order valence-electron chi connectivity index (χ2n) is 8.79. The van der Waals surface area contributed by atoms with E-state index in [9.17, 15) is 5.26 Å². The van der Waals surface area contributed by atoms with Gasteiger partial charge in [-0.2, -0.15) is 5.26 Å². The maximum Gasteiger partial charge on any atom is 0.120 e. The molecule has 0 radical (unpaired) electrons. The predicted octanol–water partition coefficient (Wildman–Crippen LogP) is 5.33. The average molecular weight is 426 g/mol. The Morgan fingerprint density at radius 3 is 2.41 bits per heavy atom. The quantitative estimate of drug-likeness (QED) is 0.513. The van der Waals surface area contributed by atoms with Crippen molar-refractivity contribution in [3.63, 3.8) is 0 Å². The number of likely N-dealkylation sites (tertiary alicyclic amines) is 1. The predicted molar refractivity (Wildman–Crippen MR) is 129 cm³/mol. The van der Waals surface area contributed by atoms with E-state index in [4.69, 9.17) is 4.74 Å². The summed E-state index contributed by atoms with van der Waals surface area (Å²) in [7, 11) is 4.20. The van der Waals surface area contributed by atoms with Crippen LogP contribution in [0.2, 0.25) is 0 Å². The zero-order valence-corrected chi connectivity index (χ0v) is 19.0. The van der Waals surface area contributed by atoms with Crippen LogP contribution in [0, 0.1) is 11.3 Å². The number of benzene rings is 3. The molecule has 0 aromatic heterocycles. The Hall–Kier alpha value is -3.13. The molecule has 0 unspecified atom stereocenters. The first-order chi connectivity index (χ1) is 15.6. The van der Waals surface area contributed by atoms with Gasteiger partial charge in [0.2, 0.25) is 0 Å². The van der Waals surface area contributed by atoms with Gasteiger partial charge in [-0.05, 0) is 67.4 Å². The molecule has 0 spiro atoms. The fraction of sp³-hybridized carbons (Fsp3) is 0.321. The molecule has 1 fully saturated rings. The molecule has 1 heterocycles. The molecule has 0 N–H and O–H groups in total. The number of hydrogen-bond donors (Lipinski definition) is 0. The van der Waals surface area contributed by atoms with E-state index in [1.807, 2.05) is 18.2 Å². The van der Waals surface area contributed by atoms with Crippen molar-refractivity contribution in [2.24, 2.45) is 0 Å². The van der Waals surface area contributed by atoms with Gasteiger partial charge in [0, 0.05) is 26.2 Å². The lowest BCUT2D eigenvalue weighted by Gasteiger charge is -2.32. The molecule has 1 saturated heterocycles. The molecule has 0 aliphatic carbocycles. The maximum atomic E-state index is 9.33. The molecule has 0 atom stereocenters. The number of hydrogen-bond acceptors (Lipinski definition) is 4. The van der Waals surface area contributed by atoms with Gasteiger partial charge in [0.05, 0.1) is 11.6 Å². The highest BCUT2D eigenvalue weighted by Crippen LogP contribution is 2.29. The molecule has 32 heavy (non-hydrogen) atoms. The van der Waals surface area contributed by atoms with Gasteiger partial charge in [-0.25, -0.2) is 0 Å². The van der Waals surface area contributed by atoms with Crippen LogP contribution < -0.4 is 4.74 Å². The summed E-state index contributed by atoms with van der Waals surface area (Å²) >= 11 is 0. The summed E-state index contributed by atoms with van der Waals surface area (Å²) in [5.74, 6) is 0.940. The van der Waals surface area contributed by atoms with Crippen molar-refractivity contribution in [1.29, 1.82) is 5.26 Å². The summed E-state index contributed by atoms with van der Waals surface area (Å²) in [4.78, 5) is 4.62. The van der Waals surface area contributed by atoms with Crippen molar-refractivity contribution in [2.75, 3.05) is 27.2 Å². The second-order valence-corrected chi connectivity index (χ2v) is 8.79. The molecule has 3 aromatic carbocycles. The Bertz CT molecular complexity index is 1080. The Morgan fingerprint density at radius 1 is 0.938 bits per heavy atom. The zero-order chi connectivity index (χ0) is 22.3. The third-order valence-electron chi connectivity index (χ3n) is 6.02. The molecule has 3 aromatic rings. The summed E-state index contributed by atoms with van der Waals surface area (Å²) < 4.78 is 6.39. The Morgan fingerprint density at radius 2 is 1.66 bits per heavy atom. The zero-order valence-electron chi connectivity index (χ0n) is 19.0. The molecule has 4 heteroatoms. The minimum Gasteiger partial charge on any atom is -0.490 e. The standard InChI is InChI=1S/C28H31N3O/c1-30(2)20-25-10-5-6-13-28(25)22-11-7-12-27(18-22)32-26-14-16-31(17-15-26)21-24-9-4-3-8-23(24)19-29/h3-13,18,26H,14-17,20-21H2,1-2H3. The van der Waals surface area contributed by atoms with Crippen LogP contribution in [0.3, 0.4) is 0 Å². The molecule has 1 aliphatic rings. The van der Waals surface area contributed by atoms with Crippen molar-refractivity contribution >= 4 is 0 Å². The van der Waals surface area contributed by atoms with E-state index in [-0.39, 0.29) is 6.10 Å². The summed E-state index contributed by atoms with van der Waals surface area (Å²) in [5.41, 5.74) is 5.67. The number of nitrogens with zero attached hydrogens (tertiary/aromatic N) is 3. The third kappa shape index (κ3) is 5.56. The van der Waals surface area contributed by atoms with Crippen LogP contribution in [0.1, 0.15) is 29.5 Å². The van der Waals surface area contributed by atoms with Crippen molar-refractivity contribution in [2.45, 2.75) is 32.0 Å². The summed E-state index contributed by atoms with van der Waals surface area (Å²) in [6.07, 6.45) is 2.22. The van der Waals surface area contributed by atoms with E-state index < -0.39 is 0 Å². The highest BCUT2D eigenvalue weighted by atomic mass is 16.5. The van der Waals surface area contributed by atoms with E-state index in [1.165, 1.54) is 16.7 Å². The van der Waals surface area contributed by atoms with Gasteiger partial charge in [-0.3, -0.25) is 4.90 Å². The Kier molecular flexibility index (Phi) is 7.21. The van der Waals surface area contributed by atoms with Crippen LogP contribution in [-0.4, -0.2) is 43.1 Å². The lowest BCUT2D eigenvalue weighted by Crippen LogP contribution is -2.37. The topological polar surface area (TPSA) is 39.5 Å². The number of ether oxygens (including phenoxy) is 1. The van der Waals surface area contributed by atoms with Crippen molar-refractivity contribution in [3.8, 4) is 22.9 Å². The van der Waals surface area contributed by atoms with E-state index in [0.29, 0.717) is 0 Å². The van der Waals surface area contributed by atoms with E-state index in [2.05, 4.69) is 84.6 Å². The third-order valence-corrected chi connectivity index (χ3v) is 6.02. The largest absolute Gasteiger partial charge is 0.490 e. The highest BCUT2D eigenvalue weighted by Gasteiger charge is 2.21. The minimum atomic E-state index is 0.227. The fourth-order valence-electron chi connectivity index (χ4n) is 4.40. The Labute approximate surface area is 191 Å². The molecule has 4 nitrogen and oxygen atoms in total. The van der Waals surface area contributed by atoms with E-state index >= 15 is 0 Å². The average Bonchev–Trinajstić information content (AvgIpc) is 2.81. The van der Waals surface area contributed by atoms with Gasteiger partial charge >= 0.3 is 0 Å². The van der Waals surface area contributed by atoms with Crippen molar-refractivity contribution in [1.82, 2.24) is 9.80 Å². The second kappa shape index (κ2) is 10.5. The van der Waals surface area contributed by atoms with Crippen molar-refractivity contribution in [3.05, 3.63) is 89.5 Å². The van der Waals surface area contributed by atoms with Crippen LogP contribution >= 0.6 is 0 Å². The Balaban J connectivity index is 1.38. The van der Waals surface area contributed by atoms with Gasteiger partial charge in [0.25, 0.3) is 0 Å². The molecular weight excluding hydrogens is 394 g/mol. The van der Waals surface area contributed by atoms with Crippen LogP contribution in [0.15, 0.2) is 72.8 Å². The summed E-state index contributed by atoms with van der Waals surface area (Å²) in [6.45, 7) is 3.70. The first-order valence-corrected chi connectivity index (χ1v) is 11.3. The molecule has 0 saturated carbocycles. The first kappa shape index (κ1) is 22.1. The lowest BCUT2D eigenvalue weighted by atomic mass is 9.99. The fourth-order valence-corrected chi connectivity index (χ4v) is 4.40. The maximum absolute atomic E-state index is 9.33. The first-order valence-electron chi connectivity index (χ1n) is 11.3. The smallest absolute Gasteiger partial charge is 0.120 e. The van der Waals surface area contributed by atoms with E-state index in [1.54, 1.807) is 0 Å². The summed E-state index contributed by atoms with van der Waals surface area (Å²) in [6, 6.07) is 27.3. The van der Waals surface area contributed by atoms with Crippen LogP contribution in [-0.2, 0) is 13.1 Å². The molecule has 0 bridgehead atoms. The van der Waals surface area contributed by atoms with Gasteiger partial charge in [0.1, 0.15) is 11.9 Å². The molecule has 0 amide bonds. The summed E-state index contributed by atoms with van der Waals surface area (Å²) in [5, 5.41) is 9.33. The van der Waals surface area contributed by atoms with Gasteiger partial charge in [-0.15, -0.1) is 0 Å². The van der Waals surface area contributed by atoms with Crippen LogP contribution in [0.25, 0.3) is 11.1 Å². The molecular formula is C28H31N3O. The molecule has 4 rings (SSSR count). The normalized spacial score (nSPS) is 14.9. The van der Waals surface area contributed by atoms with Gasteiger partial charge in [-0.1, -0.05) is 54.6 Å².